The number of halogens is 1. The minimum Gasteiger partial charge on any atom is -1.00 e. The molecule has 30 heavy (non-hydrogen) atoms. The van der Waals surface area contributed by atoms with Crippen molar-refractivity contribution in [2.24, 2.45) is 0 Å². The highest BCUT2D eigenvalue weighted by Gasteiger charge is 2.51. The zero-order valence-corrected chi connectivity index (χ0v) is 20.3. The lowest BCUT2D eigenvalue weighted by atomic mass is 10.0. The van der Waals surface area contributed by atoms with Gasteiger partial charge in [0.2, 0.25) is 0 Å². The predicted molar refractivity (Wildman–Crippen MR) is 129 cm³/mol. The molecule has 0 nitrogen and oxygen atoms in total. The van der Waals surface area contributed by atoms with Gasteiger partial charge in [0.15, 0.2) is 0 Å². The van der Waals surface area contributed by atoms with Gasteiger partial charge in [-0.3, -0.25) is 0 Å². The van der Waals surface area contributed by atoms with Gasteiger partial charge in [-0.1, -0.05) is 78.4 Å². The van der Waals surface area contributed by atoms with E-state index in [1.807, 2.05) is 0 Å². The second-order valence-electron chi connectivity index (χ2n) is 7.77. The number of aryl methyl sites for hydroxylation is 2. The van der Waals surface area contributed by atoms with Crippen LogP contribution in [0.3, 0.4) is 0 Å². The maximum atomic E-state index is 2.43. The van der Waals surface area contributed by atoms with Gasteiger partial charge in [0.1, 0.15) is 28.8 Å². The van der Waals surface area contributed by atoms with E-state index in [-0.39, 0.29) is 17.0 Å². The van der Waals surface area contributed by atoms with Crippen LogP contribution in [0.15, 0.2) is 109 Å². The Kier molecular flexibility index (Phi) is 7.29. The van der Waals surface area contributed by atoms with E-state index in [9.17, 15) is 0 Å². The molecule has 1 atom stereocenters. The fourth-order valence-electron chi connectivity index (χ4n) is 4.53. The topological polar surface area (TPSA) is 0 Å². The first-order chi connectivity index (χ1) is 14.1. The first-order valence-corrected chi connectivity index (χ1v) is 12.1. The van der Waals surface area contributed by atoms with E-state index in [4.69, 9.17) is 0 Å². The monoisotopic (exact) mass is 474 g/mol. The lowest BCUT2D eigenvalue weighted by Gasteiger charge is -2.34. The lowest BCUT2D eigenvalue weighted by Crippen LogP contribution is -3.00. The third kappa shape index (κ3) is 4.02. The van der Waals surface area contributed by atoms with Gasteiger partial charge in [0.25, 0.3) is 0 Å². The molecule has 0 saturated carbocycles. The van der Waals surface area contributed by atoms with Crippen LogP contribution in [0.1, 0.15) is 29.3 Å². The first-order valence-electron chi connectivity index (χ1n) is 10.3. The van der Waals surface area contributed by atoms with Gasteiger partial charge >= 0.3 is 0 Å². The third-order valence-corrected chi connectivity index (χ3v) is 10.7. The fraction of sp³-hybridized carbons (Fsp3) is 0.143. The summed E-state index contributed by atoms with van der Waals surface area (Å²) in [6.45, 7) is 6.88. The molecule has 4 aromatic carbocycles. The molecular formula is C28H28BrP. The van der Waals surface area contributed by atoms with Crippen molar-refractivity contribution in [3.05, 3.63) is 126 Å². The highest BCUT2D eigenvalue weighted by molar-refractivity contribution is 7.95. The number of hydrogen-bond donors (Lipinski definition) is 0. The fourth-order valence-corrected chi connectivity index (χ4v) is 9.38. The third-order valence-electron chi connectivity index (χ3n) is 5.96. The molecule has 0 amide bonds. The van der Waals surface area contributed by atoms with Crippen LogP contribution in [0.4, 0.5) is 0 Å². The van der Waals surface area contributed by atoms with Crippen LogP contribution in [-0.2, 0) is 0 Å². The molecule has 0 N–H and O–H groups in total. The number of hydrogen-bond acceptors (Lipinski definition) is 0. The molecule has 2 heteroatoms. The Balaban J connectivity index is 0.00000256. The maximum Gasteiger partial charge on any atom is 0.119 e. The molecule has 0 aliphatic rings. The number of benzene rings is 4. The average molecular weight is 475 g/mol. The molecule has 0 saturated heterocycles. The van der Waals surface area contributed by atoms with E-state index in [0.29, 0.717) is 5.66 Å². The summed E-state index contributed by atoms with van der Waals surface area (Å²) in [7, 11) is -1.91. The van der Waals surface area contributed by atoms with E-state index in [1.54, 1.807) is 0 Å². The van der Waals surface area contributed by atoms with Crippen molar-refractivity contribution in [1.82, 2.24) is 0 Å². The molecule has 0 bridgehead atoms. The SMILES string of the molecule is Cc1ccc(C)c(C(C)[P+](c2ccccc2)(c2ccccc2)c2ccccc2)c1.[Br-]. The Morgan fingerprint density at radius 1 is 0.567 bits per heavy atom. The zero-order chi connectivity index (χ0) is 20.3. The highest BCUT2D eigenvalue weighted by Crippen LogP contribution is 2.66. The summed E-state index contributed by atoms with van der Waals surface area (Å²) in [6, 6.07) is 40.3. The van der Waals surface area contributed by atoms with Gasteiger partial charge in [-0.05, 0) is 68.3 Å². The quantitative estimate of drug-likeness (QED) is 0.389. The highest BCUT2D eigenvalue weighted by atomic mass is 79.9. The molecule has 4 rings (SSSR count). The second kappa shape index (κ2) is 9.73. The Bertz CT molecular complexity index is 979. The van der Waals surface area contributed by atoms with Crippen molar-refractivity contribution < 1.29 is 17.0 Å². The summed E-state index contributed by atoms with van der Waals surface area (Å²) >= 11 is 0. The van der Waals surface area contributed by atoms with Gasteiger partial charge < -0.3 is 17.0 Å². The van der Waals surface area contributed by atoms with Gasteiger partial charge in [-0.2, -0.15) is 0 Å². The summed E-state index contributed by atoms with van der Waals surface area (Å²) < 4.78 is 0. The van der Waals surface area contributed by atoms with Crippen LogP contribution >= 0.6 is 7.26 Å². The molecule has 0 fully saturated rings. The smallest absolute Gasteiger partial charge is 0.119 e. The summed E-state index contributed by atoms with van der Waals surface area (Å²) in [4.78, 5) is 0. The van der Waals surface area contributed by atoms with Crippen LogP contribution < -0.4 is 32.9 Å². The summed E-state index contributed by atoms with van der Waals surface area (Å²) in [5.74, 6) is 0. The molecule has 0 aliphatic carbocycles. The summed E-state index contributed by atoms with van der Waals surface area (Å²) in [6.07, 6.45) is 0. The Morgan fingerprint density at radius 3 is 1.37 bits per heavy atom. The van der Waals surface area contributed by atoms with Crippen molar-refractivity contribution >= 4 is 23.2 Å². The Morgan fingerprint density at radius 2 is 0.967 bits per heavy atom. The van der Waals surface area contributed by atoms with Gasteiger partial charge in [-0.25, -0.2) is 0 Å². The molecular weight excluding hydrogens is 447 g/mol. The lowest BCUT2D eigenvalue weighted by molar-refractivity contribution is -0.00000580. The summed E-state index contributed by atoms with van der Waals surface area (Å²) in [5, 5.41) is 4.31. The van der Waals surface area contributed by atoms with Gasteiger partial charge in [-0.15, -0.1) is 0 Å². The van der Waals surface area contributed by atoms with Crippen LogP contribution in [0.25, 0.3) is 0 Å². The van der Waals surface area contributed by atoms with E-state index in [1.165, 1.54) is 32.6 Å². The first kappa shape index (κ1) is 22.5. The van der Waals surface area contributed by atoms with Crippen LogP contribution in [0.2, 0.25) is 0 Å². The van der Waals surface area contributed by atoms with Crippen LogP contribution in [0.5, 0.6) is 0 Å². The Hall–Kier alpha value is -2.21. The van der Waals surface area contributed by atoms with Crippen molar-refractivity contribution in [2.75, 3.05) is 0 Å². The minimum absolute atomic E-state index is 0. The second-order valence-corrected chi connectivity index (χ2v) is 11.5. The van der Waals surface area contributed by atoms with Crippen LogP contribution in [-0.4, -0.2) is 0 Å². The molecule has 4 aromatic rings. The van der Waals surface area contributed by atoms with E-state index in [0.717, 1.165) is 0 Å². The minimum atomic E-state index is -1.91. The van der Waals surface area contributed by atoms with Gasteiger partial charge in [0.05, 0.1) is 0 Å². The number of rotatable bonds is 5. The molecule has 152 valence electrons. The molecule has 1 unspecified atom stereocenters. The van der Waals surface area contributed by atoms with Crippen molar-refractivity contribution in [2.45, 2.75) is 26.4 Å². The molecule has 0 aliphatic heterocycles. The van der Waals surface area contributed by atoms with E-state index in [2.05, 4.69) is 130 Å². The maximum absolute atomic E-state index is 2.43. The normalized spacial score (nSPS) is 12.1. The largest absolute Gasteiger partial charge is 1.00 e. The summed E-state index contributed by atoms with van der Waals surface area (Å²) in [5.41, 5.74) is 4.52. The zero-order valence-electron chi connectivity index (χ0n) is 17.8. The average Bonchev–Trinajstić information content (AvgIpc) is 2.78. The predicted octanol–water partition coefficient (Wildman–Crippen LogP) is 3.36. The molecule has 0 heterocycles. The van der Waals surface area contributed by atoms with Crippen LogP contribution in [0, 0.1) is 13.8 Å². The van der Waals surface area contributed by atoms with Crippen molar-refractivity contribution in [3.63, 3.8) is 0 Å². The molecule has 0 spiro atoms. The van der Waals surface area contributed by atoms with Gasteiger partial charge in [0, 0.05) is 0 Å². The van der Waals surface area contributed by atoms with Crippen molar-refractivity contribution in [3.8, 4) is 0 Å². The Labute approximate surface area is 192 Å². The van der Waals surface area contributed by atoms with E-state index < -0.39 is 7.26 Å². The standard InChI is InChI=1S/C28H28P.BrH/c1-22-19-20-23(2)28(21-22)24(3)29(25-13-7-4-8-14-25,26-15-9-5-10-16-26)27-17-11-6-12-18-27;/h4-21,24H,1-3H3;1H/q+1;/p-1. The molecule has 0 radical (unpaired) electrons. The molecule has 0 aromatic heterocycles. The van der Waals surface area contributed by atoms with Crippen molar-refractivity contribution in [1.29, 1.82) is 0 Å². The van der Waals surface area contributed by atoms with E-state index >= 15 is 0 Å².